The Kier molecular flexibility index (Phi) is 4.70. The van der Waals surface area contributed by atoms with Gasteiger partial charge in [-0.1, -0.05) is 29.5 Å². The van der Waals surface area contributed by atoms with Gasteiger partial charge in [0, 0.05) is 6.54 Å². The molecular formula is C14H17N3O2S. The number of hydrogen-bond donors (Lipinski definition) is 1. The van der Waals surface area contributed by atoms with Gasteiger partial charge in [-0.25, -0.2) is 10.3 Å². The largest absolute Gasteiger partial charge is 0.367 e. The topological polar surface area (TPSA) is 55.6 Å². The molecule has 106 valence electrons. The molecule has 1 aromatic carbocycles. The van der Waals surface area contributed by atoms with Crippen LogP contribution in [-0.2, 0) is 11.4 Å². The molecule has 0 atom stereocenters. The number of hydrogen-bond acceptors (Lipinski definition) is 3. The van der Waals surface area contributed by atoms with Gasteiger partial charge in [0.1, 0.15) is 0 Å². The predicted molar refractivity (Wildman–Crippen MR) is 80.3 cm³/mol. The first-order chi connectivity index (χ1) is 9.61. The van der Waals surface area contributed by atoms with Crippen molar-refractivity contribution in [3.05, 3.63) is 41.7 Å². The highest BCUT2D eigenvalue weighted by Gasteiger charge is 2.06. The van der Waals surface area contributed by atoms with Gasteiger partial charge >= 0.3 is 6.03 Å². The fourth-order valence-electron chi connectivity index (χ4n) is 1.69. The first-order valence-corrected chi connectivity index (χ1v) is 7.13. The number of thiazole rings is 1. The molecule has 2 rings (SSSR count). The highest BCUT2D eigenvalue weighted by molar-refractivity contribution is 7.16. The number of aromatic nitrogens is 1. The number of nitrogens with one attached hydrogen (secondary N) is 1. The number of allylic oxidation sites excluding steroid dienone is 1. The number of fused-ring (bicyclic) bond motifs is 1. The van der Waals surface area contributed by atoms with E-state index in [0.717, 1.165) is 10.2 Å². The molecule has 1 heterocycles. The van der Waals surface area contributed by atoms with E-state index in [4.69, 9.17) is 4.84 Å². The van der Waals surface area contributed by atoms with Crippen LogP contribution in [0.25, 0.3) is 10.2 Å². The SMILES string of the molecule is C=CCn1c(=NC(=O)NOC(C)C)sc2ccccc21. The summed E-state index contributed by atoms with van der Waals surface area (Å²) in [6.07, 6.45) is 1.69. The third-order valence-electron chi connectivity index (χ3n) is 2.48. The molecule has 20 heavy (non-hydrogen) atoms. The molecule has 0 saturated heterocycles. The molecule has 0 aliphatic rings. The second-order valence-corrected chi connectivity index (χ2v) is 5.45. The Bertz CT molecular complexity index is 685. The average Bonchev–Trinajstić information content (AvgIpc) is 2.75. The van der Waals surface area contributed by atoms with Gasteiger partial charge in [-0.05, 0) is 26.0 Å². The van der Waals surface area contributed by atoms with Crippen molar-refractivity contribution in [2.45, 2.75) is 26.5 Å². The lowest BCUT2D eigenvalue weighted by atomic mass is 10.3. The first-order valence-electron chi connectivity index (χ1n) is 6.31. The smallest absolute Gasteiger partial charge is 0.312 e. The van der Waals surface area contributed by atoms with Crippen molar-refractivity contribution < 1.29 is 9.63 Å². The fraction of sp³-hybridized carbons (Fsp3) is 0.286. The lowest BCUT2D eigenvalue weighted by molar-refractivity contribution is 0.0186. The first kappa shape index (κ1) is 14.5. The molecule has 0 fully saturated rings. The molecule has 1 aromatic heterocycles. The van der Waals surface area contributed by atoms with E-state index >= 15 is 0 Å². The zero-order chi connectivity index (χ0) is 14.5. The number of benzene rings is 1. The standard InChI is InChI=1S/C14H17N3O2S/c1-4-9-17-11-7-5-6-8-12(11)20-14(17)15-13(18)16-19-10(2)3/h4-8,10H,1,9H2,2-3H3,(H,16,18). The van der Waals surface area contributed by atoms with E-state index < -0.39 is 6.03 Å². The summed E-state index contributed by atoms with van der Waals surface area (Å²) in [4.78, 5) is 21.4. The number of carbonyl (C=O) groups excluding carboxylic acids is 1. The van der Waals surface area contributed by atoms with Crippen molar-refractivity contribution in [1.29, 1.82) is 0 Å². The molecule has 2 amide bonds. The third kappa shape index (κ3) is 3.34. The van der Waals surface area contributed by atoms with Crippen molar-refractivity contribution >= 4 is 27.6 Å². The average molecular weight is 291 g/mol. The molecule has 0 aliphatic carbocycles. The molecule has 1 N–H and O–H groups in total. The van der Waals surface area contributed by atoms with Gasteiger partial charge in [0.2, 0.25) is 0 Å². The predicted octanol–water partition coefficient (Wildman–Crippen LogP) is 2.84. The lowest BCUT2D eigenvalue weighted by Gasteiger charge is -2.05. The molecule has 0 radical (unpaired) electrons. The van der Waals surface area contributed by atoms with Crippen LogP contribution in [0.2, 0.25) is 0 Å². The van der Waals surface area contributed by atoms with Crippen LogP contribution in [0.15, 0.2) is 41.9 Å². The Labute approximate surface area is 121 Å². The minimum Gasteiger partial charge on any atom is -0.312 e. The summed E-state index contributed by atoms with van der Waals surface area (Å²) in [6, 6.07) is 7.41. The maximum Gasteiger partial charge on any atom is 0.367 e. The second kappa shape index (κ2) is 6.49. The van der Waals surface area contributed by atoms with Crippen molar-refractivity contribution in [2.24, 2.45) is 4.99 Å². The van der Waals surface area contributed by atoms with E-state index in [9.17, 15) is 4.79 Å². The Balaban J connectivity index is 2.39. The van der Waals surface area contributed by atoms with Crippen molar-refractivity contribution in [3.63, 3.8) is 0 Å². The summed E-state index contributed by atoms with van der Waals surface area (Å²) < 4.78 is 3.02. The van der Waals surface area contributed by atoms with Crippen LogP contribution >= 0.6 is 11.3 Å². The molecule has 6 heteroatoms. The van der Waals surface area contributed by atoms with Crippen LogP contribution in [0.5, 0.6) is 0 Å². The molecule has 0 unspecified atom stereocenters. The maximum absolute atomic E-state index is 11.7. The van der Waals surface area contributed by atoms with E-state index in [0.29, 0.717) is 11.3 Å². The van der Waals surface area contributed by atoms with E-state index in [1.807, 2.05) is 42.7 Å². The summed E-state index contributed by atoms with van der Waals surface area (Å²) >= 11 is 1.46. The lowest BCUT2D eigenvalue weighted by Crippen LogP contribution is -2.27. The molecule has 2 aromatic rings. The number of rotatable bonds is 4. The van der Waals surface area contributed by atoms with E-state index in [2.05, 4.69) is 17.1 Å². The van der Waals surface area contributed by atoms with Gasteiger partial charge in [0.05, 0.1) is 16.3 Å². The summed E-state index contributed by atoms with van der Waals surface area (Å²) in [5, 5.41) is 0. The number of hydroxylamine groups is 1. The van der Waals surface area contributed by atoms with Gasteiger partial charge in [-0.2, -0.15) is 4.99 Å². The fourth-order valence-corrected chi connectivity index (χ4v) is 2.73. The van der Waals surface area contributed by atoms with Gasteiger partial charge in [0.15, 0.2) is 4.80 Å². The van der Waals surface area contributed by atoms with E-state index in [-0.39, 0.29) is 6.10 Å². The maximum atomic E-state index is 11.7. The van der Waals surface area contributed by atoms with Gasteiger partial charge in [-0.15, -0.1) is 6.58 Å². The monoisotopic (exact) mass is 291 g/mol. The molecule has 5 nitrogen and oxygen atoms in total. The quantitative estimate of drug-likeness (QED) is 0.695. The van der Waals surface area contributed by atoms with Gasteiger partial charge < -0.3 is 4.57 Å². The summed E-state index contributed by atoms with van der Waals surface area (Å²) in [6.45, 7) is 8.00. The number of para-hydroxylation sites is 1. The van der Waals surface area contributed by atoms with E-state index in [1.54, 1.807) is 6.08 Å². The Hall–Kier alpha value is -1.92. The van der Waals surface area contributed by atoms with Gasteiger partial charge in [0.25, 0.3) is 0 Å². The minimum absolute atomic E-state index is 0.0862. The summed E-state index contributed by atoms with van der Waals surface area (Å²) in [5.41, 5.74) is 3.34. The third-order valence-corrected chi connectivity index (χ3v) is 3.54. The Morgan fingerprint density at radius 1 is 1.55 bits per heavy atom. The number of nitrogens with zero attached hydrogens (tertiary/aromatic N) is 2. The number of amides is 2. The molecule has 0 aliphatic heterocycles. The van der Waals surface area contributed by atoms with Crippen LogP contribution in [0.1, 0.15) is 13.8 Å². The Morgan fingerprint density at radius 3 is 3.00 bits per heavy atom. The highest BCUT2D eigenvalue weighted by atomic mass is 32.1. The van der Waals surface area contributed by atoms with Crippen LogP contribution in [0, 0.1) is 0 Å². The van der Waals surface area contributed by atoms with Crippen LogP contribution in [-0.4, -0.2) is 16.7 Å². The second-order valence-electron chi connectivity index (χ2n) is 4.44. The van der Waals surface area contributed by atoms with Crippen molar-refractivity contribution in [1.82, 2.24) is 10.0 Å². The molecule has 0 spiro atoms. The molecule has 0 bridgehead atoms. The molecular weight excluding hydrogens is 274 g/mol. The van der Waals surface area contributed by atoms with E-state index in [1.165, 1.54) is 11.3 Å². The number of urea groups is 1. The zero-order valence-corrected chi connectivity index (χ0v) is 12.3. The molecule has 0 saturated carbocycles. The number of carbonyl (C=O) groups is 1. The van der Waals surface area contributed by atoms with Crippen molar-refractivity contribution in [2.75, 3.05) is 0 Å². The zero-order valence-electron chi connectivity index (χ0n) is 11.5. The van der Waals surface area contributed by atoms with Crippen molar-refractivity contribution in [3.8, 4) is 0 Å². The minimum atomic E-state index is -0.511. The highest BCUT2D eigenvalue weighted by Crippen LogP contribution is 2.16. The summed E-state index contributed by atoms with van der Waals surface area (Å²) in [5.74, 6) is 0. The van der Waals surface area contributed by atoms with Crippen LogP contribution < -0.4 is 10.3 Å². The van der Waals surface area contributed by atoms with Gasteiger partial charge in [-0.3, -0.25) is 4.84 Å². The van der Waals surface area contributed by atoms with Crippen LogP contribution in [0.4, 0.5) is 4.79 Å². The normalized spacial score (nSPS) is 12.1. The summed E-state index contributed by atoms with van der Waals surface area (Å²) in [7, 11) is 0. The Morgan fingerprint density at radius 2 is 2.30 bits per heavy atom. The van der Waals surface area contributed by atoms with Crippen LogP contribution in [0.3, 0.4) is 0 Å².